The summed E-state index contributed by atoms with van der Waals surface area (Å²) in [6.07, 6.45) is 1.65. The van der Waals surface area contributed by atoms with Crippen LogP contribution in [-0.2, 0) is 0 Å². The van der Waals surface area contributed by atoms with Gasteiger partial charge in [0.2, 0.25) is 0 Å². The van der Waals surface area contributed by atoms with Crippen LogP contribution < -0.4 is 0 Å². The SMILES string of the molecule is Cc1ccnc2cccc([N+](=O)[O-])c12. The zero-order valence-corrected chi connectivity index (χ0v) is 7.60. The third kappa shape index (κ3) is 1.21. The van der Waals surface area contributed by atoms with E-state index in [-0.39, 0.29) is 10.6 Å². The van der Waals surface area contributed by atoms with Gasteiger partial charge in [0.15, 0.2) is 0 Å². The first-order valence-corrected chi connectivity index (χ1v) is 4.19. The van der Waals surface area contributed by atoms with E-state index >= 15 is 0 Å². The highest BCUT2D eigenvalue weighted by atomic mass is 16.6. The van der Waals surface area contributed by atoms with E-state index < -0.39 is 0 Å². The molecule has 0 aliphatic heterocycles. The molecule has 0 saturated carbocycles. The fraction of sp³-hybridized carbons (Fsp3) is 0.100. The number of rotatable bonds is 1. The fourth-order valence-corrected chi connectivity index (χ4v) is 1.50. The Hall–Kier alpha value is -1.97. The van der Waals surface area contributed by atoms with Crippen molar-refractivity contribution >= 4 is 16.6 Å². The number of pyridine rings is 1. The number of nitrogens with zero attached hydrogens (tertiary/aromatic N) is 2. The Balaban J connectivity index is 2.91. The van der Waals surface area contributed by atoms with Crippen molar-refractivity contribution in [2.75, 3.05) is 0 Å². The van der Waals surface area contributed by atoms with Crippen LogP contribution in [0.15, 0.2) is 30.5 Å². The highest BCUT2D eigenvalue weighted by Crippen LogP contribution is 2.26. The molecule has 0 saturated heterocycles. The van der Waals surface area contributed by atoms with E-state index in [0.29, 0.717) is 10.9 Å². The standard InChI is InChI=1S/C10H8N2O2/c1-7-5-6-11-8-3-2-4-9(10(7)8)12(13)14/h2-6H,1H3. The molecule has 0 unspecified atom stereocenters. The number of aryl methyl sites for hydroxylation is 1. The number of benzene rings is 1. The number of fused-ring (bicyclic) bond motifs is 1. The molecule has 0 bridgehead atoms. The van der Waals surface area contributed by atoms with Crippen LogP contribution >= 0.6 is 0 Å². The molecule has 4 heteroatoms. The molecule has 1 heterocycles. The maximum absolute atomic E-state index is 10.7. The highest BCUT2D eigenvalue weighted by Gasteiger charge is 2.12. The minimum Gasteiger partial charge on any atom is -0.258 e. The van der Waals surface area contributed by atoms with Crippen molar-refractivity contribution < 1.29 is 4.92 Å². The van der Waals surface area contributed by atoms with Gasteiger partial charge in [-0.2, -0.15) is 0 Å². The van der Waals surface area contributed by atoms with Crippen molar-refractivity contribution in [3.05, 3.63) is 46.1 Å². The van der Waals surface area contributed by atoms with Crippen LogP contribution in [0.1, 0.15) is 5.56 Å². The molecule has 70 valence electrons. The van der Waals surface area contributed by atoms with Gasteiger partial charge in [-0.05, 0) is 24.6 Å². The number of nitro benzene ring substituents is 1. The van der Waals surface area contributed by atoms with Gasteiger partial charge in [0.1, 0.15) is 0 Å². The molecule has 1 aromatic heterocycles. The Morgan fingerprint density at radius 2 is 2.14 bits per heavy atom. The van der Waals surface area contributed by atoms with Gasteiger partial charge in [0, 0.05) is 12.3 Å². The maximum atomic E-state index is 10.7. The van der Waals surface area contributed by atoms with Crippen LogP contribution in [0.5, 0.6) is 0 Å². The van der Waals surface area contributed by atoms with Crippen LogP contribution in [0.4, 0.5) is 5.69 Å². The summed E-state index contributed by atoms with van der Waals surface area (Å²) in [5.74, 6) is 0. The molecule has 0 atom stereocenters. The molecule has 0 N–H and O–H groups in total. The van der Waals surface area contributed by atoms with Gasteiger partial charge in [-0.25, -0.2) is 0 Å². The minimum absolute atomic E-state index is 0.119. The first kappa shape index (κ1) is 8.62. The van der Waals surface area contributed by atoms with Crippen molar-refractivity contribution in [1.82, 2.24) is 4.98 Å². The Morgan fingerprint density at radius 3 is 2.86 bits per heavy atom. The summed E-state index contributed by atoms with van der Waals surface area (Å²) in [4.78, 5) is 14.4. The molecule has 2 rings (SSSR count). The number of hydrogen-bond donors (Lipinski definition) is 0. The van der Waals surface area contributed by atoms with E-state index in [9.17, 15) is 10.1 Å². The molecule has 0 amide bonds. The minimum atomic E-state index is -0.378. The average molecular weight is 188 g/mol. The molecule has 1 aromatic carbocycles. The van der Waals surface area contributed by atoms with Gasteiger partial charge in [0.25, 0.3) is 5.69 Å². The smallest absolute Gasteiger partial charge is 0.258 e. The van der Waals surface area contributed by atoms with Gasteiger partial charge >= 0.3 is 0 Å². The van der Waals surface area contributed by atoms with Crippen molar-refractivity contribution in [2.24, 2.45) is 0 Å². The number of aromatic nitrogens is 1. The zero-order valence-electron chi connectivity index (χ0n) is 7.60. The molecule has 0 spiro atoms. The largest absolute Gasteiger partial charge is 0.279 e. The lowest BCUT2D eigenvalue weighted by Gasteiger charge is -2.00. The second-order valence-corrected chi connectivity index (χ2v) is 3.06. The number of nitro groups is 1. The fourth-order valence-electron chi connectivity index (χ4n) is 1.50. The van der Waals surface area contributed by atoms with Gasteiger partial charge < -0.3 is 0 Å². The average Bonchev–Trinajstić information content (AvgIpc) is 2.17. The Labute approximate surface area is 80.4 Å². The normalized spacial score (nSPS) is 10.4. The van der Waals surface area contributed by atoms with E-state index in [1.807, 2.05) is 6.92 Å². The van der Waals surface area contributed by atoms with Gasteiger partial charge in [-0.3, -0.25) is 15.1 Å². The Kier molecular flexibility index (Phi) is 1.89. The zero-order chi connectivity index (χ0) is 10.1. The predicted molar refractivity (Wildman–Crippen MR) is 53.1 cm³/mol. The van der Waals surface area contributed by atoms with E-state index in [1.54, 1.807) is 24.4 Å². The van der Waals surface area contributed by atoms with Gasteiger partial charge in [0.05, 0.1) is 15.8 Å². The topological polar surface area (TPSA) is 56.0 Å². The van der Waals surface area contributed by atoms with Crippen LogP contribution in [0.2, 0.25) is 0 Å². The molecule has 4 nitrogen and oxygen atoms in total. The van der Waals surface area contributed by atoms with Crippen LogP contribution in [0.3, 0.4) is 0 Å². The summed E-state index contributed by atoms with van der Waals surface area (Å²) < 4.78 is 0. The molecular formula is C10H8N2O2. The highest BCUT2D eigenvalue weighted by molar-refractivity contribution is 5.90. The summed E-state index contributed by atoms with van der Waals surface area (Å²) in [6.45, 7) is 1.84. The van der Waals surface area contributed by atoms with Crippen LogP contribution in [0.25, 0.3) is 10.9 Å². The van der Waals surface area contributed by atoms with Crippen molar-refractivity contribution in [1.29, 1.82) is 0 Å². The predicted octanol–water partition coefficient (Wildman–Crippen LogP) is 2.45. The lowest BCUT2D eigenvalue weighted by Crippen LogP contribution is -1.92. The van der Waals surface area contributed by atoms with Crippen molar-refractivity contribution in [3.63, 3.8) is 0 Å². The maximum Gasteiger partial charge on any atom is 0.279 e. The summed E-state index contributed by atoms with van der Waals surface area (Å²) in [5.41, 5.74) is 1.66. The molecule has 0 aliphatic rings. The Morgan fingerprint density at radius 1 is 1.36 bits per heavy atom. The van der Waals surface area contributed by atoms with E-state index in [4.69, 9.17) is 0 Å². The first-order valence-electron chi connectivity index (χ1n) is 4.19. The lowest BCUT2D eigenvalue weighted by atomic mass is 10.1. The van der Waals surface area contributed by atoms with Gasteiger partial charge in [-0.15, -0.1) is 0 Å². The van der Waals surface area contributed by atoms with Crippen molar-refractivity contribution in [2.45, 2.75) is 6.92 Å². The molecule has 2 aromatic rings. The summed E-state index contributed by atoms with van der Waals surface area (Å²) in [5, 5.41) is 11.4. The van der Waals surface area contributed by atoms with Crippen LogP contribution in [0, 0.1) is 17.0 Å². The third-order valence-electron chi connectivity index (χ3n) is 2.15. The van der Waals surface area contributed by atoms with E-state index in [1.165, 1.54) is 6.07 Å². The lowest BCUT2D eigenvalue weighted by molar-refractivity contribution is -0.383. The summed E-state index contributed by atoms with van der Waals surface area (Å²) in [7, 11) is 0. The molecule has 0 fully saturated rings. The second kappa shape index (κ2) is 3.06. The quantitative estimate of drug-likeness (QED) is 0.510. The van der Waals surface area contributed by atoms with Gasteiger partial charge in [-0.1, -0.05) is 6.07 Å². The molecular weight excluding hydrogens is 180 g/mol. The summed E-state index contributed by atoms with van der Waals surface area (Å²) >= 11 is 0. The van der Waals surface area contributed by atoms with E-state index in [2.05, 4.69) is 4.98 Å². The van der Waals surface area contributed by atoms with Crippen molar-refractivity contribution in [3.8, 4) is 0 Å². The van der Waals surface area contributed by atoms with Crippen LogP contribution in [-0.4, -0.2) is 9.91 Å². The second-order valence-electron chi connectivity index (χ2n) is 3.06. The Bertz CT molecular complexity index is 503. The third-order valence-corrected chi connectivity index (χ3v) is 2.15. The molecule has 14 heavy (non-hydrogen) atoms. The number of non-ortho nitro benzene ring substituents is 1. The molecule has 0 radical (unpaired) electrons. The first-order chi connectivity index (χ1) is 6.70. The number of hydrogen-bond acceptors (Lipinski definition) is 3. The van der Waals surface area contributed by atoms with E-state index in [0.717, 1.165) is 5.56 Å². The summed E-state index contributed by atoms with van der Waals surface area (Å²) in [6, 6.07) is 6.69. The monoisotopic (exact) mass is 188 g/mol. The molecule has 0 aliphatic carbocycles.